The SMILES string of the molecule is CCCCOC(CCCC)CC(C)O. The molecule has 0 fully saturated rings. The van der Waals surface area contributed by atoms with Gasteiger partial charge in [0.2, 0.25) is 0 Å². The van der Waals surface area contributed by atoms with E-state index in [0.717, 1.165) is 25.9 Å². The van der Waals surface area contributed by atoms with Gasteiger partial charge in [0.15, 0.2) is 0 Å². The van der Waals surface area contributed by atoms with Gasteiger partial charge in [-0.15, -0.1) is 0 Å². The van der Waals surface area contributed by atoms with Gasteiger partial charge < -0.3 is 9.84 Å². The van der Waals surface area contributed by atoms with Gasteiger partial charge >= 0.3 is 0 Å². The van der Waals surface area contributed by atoms with Crippen LogP contribution in [0.2, 0.25) is 0 Å². The van der Waals surface area contributed by atoms with Crippen molar-refractivity contribution in [3.8, 4) is 0 Å². The summed E-state index contributed by atoms with van der Waals surface area (Å²) < 4.78 is 5.74. The summed E-state index contributed by atoms with van der Waals surface area (Å²) >= 11 is 0. The summed E-state index contributed by atoms with van der Waals surface area (Å²) in [5.74, 6) is 0. The van der Waals surface area contributed by atoms with Gasteiger partial charge in [0.05, 0.1) is 12.2 Å². The maximum Gasteiger partial charge on any atom is 0.0599 e. The highest BCUT2D eigenvalue weighted by Gasteiger charge is 2.11. The quantitative estimate of drug-likeness (QED) is 0.582. The summed E-state index contributed by atoms with van der Waals surface area (Å²) in [6.45, 7) is 7.03. The minimum atomic E-state index is -0.238. The second kappa shape index (κ2) is 9.47. The summed E-state index contributed by atoms with van der Waals surface area (Å²) in [6, 6.07) is 0. The zero-order chi connectivity index (χ0) is 10.8. The highest BCUT2D eigenvalue weighted by molar-refractivity contribution is 4.62. The van der Waals surface area contributed by atoms with Crippen molar-refractivity contribution in [2.45, 2.75) is 71.5 Å². The fraction of sp³-hybridized carbons (Fsp3) is 1.00. The van der Waals surface area contributed by atoms with E-state index in [1.54, 1.807) is 0 Å². The third-order valence-electron chi connectivity index (χ3n) is 2.34. The van der Waals surface area contributed by atoms with Gasteiger partial charge in [-0.1, -0.05) is 33.1 Å². The number of rotatable bonds is 9. The normalized spacial score (nSPS) is 15.4. The first-order valence-corrected chi connectivity index (χ1v) is 6.00. The van der Waals surface area contributed by atoms with Crippen molar-refractivity contribution in [2.75, 3.05) is 6.61 Å². The number of hydrogen-bond acceptors (Lipinski definition) is 2. The fourth-order valence-corrected chi connectivity index (χ4v) is 1.48. The van der Waals surface area contributed by atoms with Crippen molar-refractivity contribution in [2.24, 2.45) is 0 Å². The molecule has 1 N–H and O–H groups in total. The van der Waals surface area contributed by atoms with Gasteiger partial charge in [0.1, 0.15) is 0 Å². The van der Waals surface area contributed by atoms with Gasteiger partial charge in [0, 0.05) is 6.61 Å². The van der Waals surface area contributed by atoms with Crippen LogP contribution in [-0.4, -0.2) is 23.9 Å². The van der Waals surface area contributed by atoms with Crippen LogP contribution in [0.4, 0.5) is 0 Å². The van der Waals surface area contributed by atoms with E-state index in [1.165, 1.54) is 19.3 Å². The lowest BCUT2D eigenvalue weighted by molar-refractivity contribution is 0.0109. The highest BCUT2D eigenvalue weighted by atomic mass is 16.5. The second-order valence-electron chi connectivity index (χ2n) is 4.07. The molecule has 2 unspecified atom stereocenters. The third-order valence-corrected chi connectivity index (χ3v) is 2.34. The monoisotopic (exact) mass is 202 g/mol. The van der Waals surface area contributed by atoms with Gasteiger partial charge in [-0.25, -0.2) is 0 Å². The summed E-state index contributed by atoms with van der Waals surface area (Å²) in [5, 5.41) is 9.30. The average Bonchev–Trinajstić information content (AvgIpc) is 2.13. The van der Waals surface area contributed by atoms with E-state index in [-0.39, 0.29) is 12.2 Å². The summed E-state index contributed by atoms with van der Waals surface area (Å²) in [7, 11) is 0. The van der Waals surface area contributed by atoms with Crippen molar-refractivity contribution in [3.05, 3.63) is 0 Å². The first kappa shape index (κ1) is 13.9. The number of ether oxygens (including phenoxy) is 1. The zero-order valence-corrected chi connectivity index (χ0v) is 9.96. The molecular weight excluding hydrogens is 176 g/mol. The lowest BCUT2D eigenvalue weighted by Gasteiger charge is -2.18. The van der Waals surface area contributed by atoms with Crippen molar-refractivity contribution in [1.82, 2.24) is 0 Å². The van der Waals surface area contributed by atoms with Gasteiger partial charge in [-0.2, -0.15) is 0 Å². The summed E-state index contributed by atoms with van der Waals surface area (Å²) in [6.07, 6.45) is 6.60. The molecule has 2 atom stereocenters. The van der Waals surface area contributed by atoms with Gasteiger partial charge in [-0.05, 0) is 26.2 Å². The molecule has 0 rings (SSSR count). The third kappa shape index (κ3) is 8.52. The van der Waals surface area contributed by atoms with Gasteiger partial charge in [0.25, 0.3) is 0 Å². The van der Waals surface area contributed by atoms with E-state index in [0.29, 0.717) is 0 Å². The van der Waals surface area contributed by atoms with Crippen LogP contribution in [0.1, 0.15) is 59.3 Å². The molecule has 0 aliphatic rings. The largest absolute Gasteiger partial charge is 0.393 e. The molecule has 0 spiro atoms. The van der Waals surface area contributed by atoms with E-state index in [1.807, 2.05) is 6.92 Å². The molecular formula is C12H26O2. The smallest absolute Gasteiger partial charge is 0.0599 e. The Kier molecular flexibility index (Phi) is 9.42. The van der Waals surface area contributed by atoms with E-state index in [4.69, 9.17) is 4.74 Å². The number of hydrogen-bond donors (Lipinski definition) is 1. The number of aliphatic hydroxyl groups excluding tert-OH is 1. The van der Waals surface area contributed by atoms with Crippen molar-refractivity contribution < 1.29 is 9.84 Å². The van der Waals surface area contributed by atoms with Crippen LogP contribution in [0, 0.1) is 0 Å². The van der Waals surface area contributed by atoms with Crippen molar-refractivity contribution >= 4 is 0 Å². The highest BCUT2D eigenvalue weighted by Crippen LogP contribution is 2.11. The summed E-state index contributed by atoms with van der Waals surface area (Å²) in [4.78, 5) is 0. The van der Waals surface area contributed by atoms with Crippen LogP contribution in [0.3, 0.4) is 0 Å². The molecule has 0 aromatic heterocycles. The number of unbranched alkanes of at least 4 members (excludes halogenated alkanes) is 2. The number of aliphatic hydroxyl groups is 1. The fourth-order valence-electron chi connectivity index (χ4n) is 1.48. The molecule has 0 saturated carbocycles. The Morgan fingerprint density at radius 1 is 1.14 bits per heavy atom. The van der Waals surface area contributed by atoms with E-state index >= 15 is 0 Å². The predicted molar refractivity (Wildman–Crippen MR) is 60.5 cm³/mol. The molecule has 0 saturated heterocycles. The molecule has 86 valence electrons. The Bertz CT molecular complexity index is 113. The Balaban J connectivity index is 3.61. The minimum absolute atomic E-state index is 0.238. The van der Waals surface area contributed by atoms with Crippen molar-refractivity contribution in [1.29, 1.82) is 0 Å². The van der Waals surface area contributed by atoms with Crippen LogP contribution in [-0.2, 0) is 4.74 Å². The standard InChI is InChI=1S/C12H26O2/c1-4-6-8-12(10-11(3)13)14-9-7-5-2/h11-13H,4-10H2,1-3H3. The molecule has 0 aliphatic heterocycles. The van der Waals surface area contributed by atoms with Crippen LogP contribution < -0.4 is 0 Å². The first-order valence-electron chi connectivity index (χ1n) is 6.00. The first-order chi connectivity index (χ1) is 6.70. The maximum atomic E-state index is 9.30. The van der Waals surface area contributed by atoms with E-state index in [9.17, 15) is 5.11 Å². The lowest BCUT2D eigenvalue weighted by atomic mass is 10.1. The summed E-state index contributed by atoms with van der Waals surface area (Å²) in [5.41, 5.74) is 0. The molecule has 0 aliphatic carbocycles. The molecule has 0 radical (unpaired) electrons. The topological polar surface area (TPSA) is 29.5 Å². The molecule has 0 aromatic rings. The minimum Gasteiger partial charge on any atom is -0.393 e. The molecule has 0 heterocycles. The van der Waals surface area contributed by atoms with Crippen LogP contribution >= 0.6 is 0 Å². The van der Waals surface area contributed by atoms with Crippen LogP contribution in [0.5, 0.6) is 0 Å². The molecule has 0 aromatic carbocycles. The van der Waals surface area contributed by atoms with Crippen molar-refractivity contribution in [3.63, 3.8) is 0 Å². The van der Waals surface area contributed by atoms with E-state index < -0.39 is 0 Å². The molecule has 2 nitrogen and oxygen atoms in total. The molecule has 0 amide bonds. The molecule has 14 heavy (non-hydrogen) atoms. The Morgan fingerprint density at radius 2 is 1.79 bits per heavy atom. The van der Waals surface area contributed by atoms with Gasteiger partial charge in [-0.3, -0.25) is 0 Å². The second-order valence-corrected chi connectivity index (χ2v) is 4.07. The van der Waals surface area contributed by atoms with Crippen LogP contribution in [0.15, 0.2) is 0 Å². The predicted octanol–water partition coefficient (Wildman–Crippen LogP) is 3.13. The lowest BCUT2D eigenvalue weighted by Crippen LogP contribution is -2.19. The molecule has 0 bridgehead atoms. The van der Waals surface area contributed by atoms with Crippen LogP contribution in [0.25, 0.3) is 0 Å². The Hall–Kier alpha value is -0.0800. The zero-order valence-electron chi connectivity index (χ0n) is 9.96. The molecule has 2 heteroatoms. The maximum absolute atomic E-state index is 9.30. The Morgan fingerprint density at radius 3 is 2.29 bits per heavy atom. The Labute approximate surface area is 88.7 Å². The van der Waals surface area contributed by atoms with E-state index in [2.05, 4.69) is 13.8 Å². The average molecular weight is 202 g/mol.